The van der Waals surface area contributed by atoms with Gasteiger partial charge in [-0.2, -0.15) is 0 Å². The van der Waals surface area contributed by atoms with Gasteiger partial charge in [0.15, 0.2) is 0 Å². The first-order valence-electron chi connectivity index (χ1n) is 12.1. The molecular weight excluding hydrogens is 448 g/mol. The molecule has 5 rings (SSSR count). The van der Waals surface area contributed by atoms with Crippen LogP contribution in [0.4, 0.5) is 0 Å². The van der Waals surface area contributed by atoms with Crippen molar-refractivity contribution in [3.05, 3.63) is 70.2 Å². The summed E-state index contributed by atoms with van der Waals surface area (Å²) in [7, 11) is 1.64. The molecule has 2 aliphatic rings. The van der Waals surface area contributed by atoms with E-state index in [1.165, 1.54) is 12.8 Å². The van der Waals surface area contributed by atoms with Crippen molar-refractivity contribution >= 4 is 28.8 Å². The first kappa shape index (κ1) is 23.3. The number of piperidine rings is 1. The molecular formula is C28H31ClN2O3. The second-order valence-corrected chi connectivity index (χ2v) is 10.0. The minimum atomic E-state index is -1.16. The van der Waals surface area contributed by atoms with E-state index < -0.39 is 5.60 Å². The van der Waals surface area contributed by atoms with Crippen LogP contribution >= 0.6 is 11.6 Å². The average Bonchev–Trinajstić information content (AvgIpc) is 3.70. The van der Waals surface area contributed by atoms with Crippen LogP contribution in [0.1, 0.15) is 42.4 Å². The molecule has 2 aromatic carbocycles. The molecule has 1 saturated heterocycles. The maximum atomic E-state index is 12.4. The lowest BCUT2D eigenvalue weighted by atomic mass is 9.72. The smallest absolute Gasteiger partial charge is 0.218 e. The van der Waals surface area contributed by atoms with Gasteiger partial charge in [-0.05, 0) is 80.3 Å². The van der Waals surface area contributed by atoms with Gasteiger partial charge in [-0.1, -0.05) is 48.0 Å². The van der Waals surface area contributed by atoms with E-state index in [4.69, 9.17) is 21.3 Å². The van der Waals surface area contributed by atoms with Gasteiger partial charge >= 0.3 is 0 Å². The van der Waals surface area contributed by atoms with Crippen molar-refractivity contribution in [1.82, 2.24) is 9.88 Å². The lowest BCUT2D eigenvalue weighted by Gasteiger charge is -2.42. The number of benzene rings is 2. The number of hydrogen-bond donors (Lipinski definition) is 1. The van der Waals surface area contributed by atoms with Gasteiger partial charge in [-0.15, -0.1) is 0 Å². The normalized spacial score (nSPS) is 19.1. The third-order valence-corrected chi connectivity index (χ3v) is 7.96. The molecule has 1 aliphatic heterocycles. The van der Waals surface area contributed by atoms with Crippen LogP contribution < -0.4 is 4.74 Å². The highest BCUT2D eigenvalue weighted by Gasteiger charge is 2.42. The summed E-state index contributed by atoms with van der Waals surface area (Å²) < 4.78 is 5.58. The number of aldehydes is 1. The number of rotatable bonds is 8. The Labute approximate surface area is 205 Å². The summed E-state index contributed by atoms with van der Waals surface area (Å²) in [4.78, 5) is 17.9. The largest absolute Gasteiger partial charge is 0.481 e. The first-order valence-corrected chi connectivity index (χ1v) is 12.5. The third-order valence-electron chi connectivity index (χ3n) is 7.53. The SMILES string of the molecule is COc1nc2ccc(C(O)(c3ccccc3)C3CCN(CC=O)CC3)cc2c(Cl)c1CC1CC1. The topological polar surface area (TPSA) is 62.7 Å². The molecule has 0 amide bonds. The molecule has 178 valence electrons. The monoisotopic (exact) mass is 478 g/mol. The number of nitrogens with zero attached hydrogens (tertiary/aromatic N) is 2. The Bertz CT molecular complexity index is 1170. The summed E-state index contributed by atoms with van der Waals surface area (Å²) >= 11 is 6.96. The lowest BCUT2D eigenvalue weighted by Crippen LogP contribution is -2.44. The maximum Gasteiger partial charge on any atom is 0.218 e. The van der Waals surface area contributed by atoms with Crippen molar-refractivity contribution in [2.24, 2.45) is 11.8 Å². The number of halogens is 1. The van der Waals surface area contributed by atoms with Crippen LogP contribution in [0.25, 0.3) is 10.9 Å². The van der Waals surface area contributed by atoms with E-state index in [-0.39, 0.29) is 5.92 Å². The molecule has 1 unspecified atom stereocenters. The molecule has 0 bridgehead atoms. The van der Waals surface area contributed by atoms with Gasteiger partial charge < -0.3 is 14.6 Å². The van der Waals surface area contributed by atoms with E-state index in [9.17, 15) is 9.90 Å². The van der Waals surface area contributed by atoms with Gasteiger partial charge in [0.1, 0.15) is 11.9 Å². The van der Waals surface area contributed by atoms with E-state index in [2.05, 4.69) is 4.90 Å². The van der Waals surface area contributed by atoms with Gasteiger partial charge in [-0.25, -0.2) is 4.98 Å². The number of methoxy groups -OCH3 is 1. The van der Waals surface area contributed by atoms with E-state index in [0.29, 0.717) is 23.4 Å². The molecule has 1 aliphatic carbocycles. The van der Waals surface area contributed by atoms with E-state index in [0.717, 1.165) is 66.2 Å². The van der Waals surface area contributed by atoms with Crippen LogP contribution in [0.2, 0.25) is 5.02 Å². The molecule has 0 radical (unpaired) electrons. The van der Waals surface area contributed by atoms with E-state index in [1.807, 2.05) is 48.5 Å². The Morgan fingerprint density at radius 3 is 2.50 bits per heavy atom. The molecule has 5 nitrogen and oxygen atoms in total. The predicted octanol–water partition coefficient (Wildman–Crippen LogP) is 5.00. The Morgan fingerprint density at radius 1 is 1.12 bits per heavy atom. The number of carbonyl (C=O) groups is 1. The van der Waals surface area contributed by atoms with Crippen LogP contribution in [0.5, 0.6) is 5.88 Å². The molecule has 1 aromatic heterocycles. The molecule has 6 heteroatoms. The number of fused-ring (bicyclic) bond motifs is 1. The Kier molecular flexibility index (Phi) is 6.61. The van der Waals surface area contributed by atoms with Crippen LogP contribution in [-0.2, 0) is 16.8 Å². The van der Waals surface area contributed by atoms with Crippen LogP contribution in [0.3, 0.4) is 0 Å². The number of ether oxygens (including phenoxy) is 1. The van der Waals surface area contributed by atoms with Crippen molar-refractivity contribution in [3.63, 3.8) is 0 Å². The Morgan fingerprint density at radius 2 is 1.85 bits per heavy atom. The van der Waals surface area contributed by atoms with Gasteiger partial charge in [-0.3, -0.25) is 4.90 Å². The zero-order valence-electron chi connectivity index (χ0n) is 19.5. The summed E-state index contributed by atoms with van der Waals surface area (Å²) in [5, 5.41) is 13.9. The first-order chi connectivity index (χ1) is 16.5. The van der Waals surface area contributed by atoms with E-state index >= 15 is 0 Å². The summed E-state index contributed by atoms with van der Waals surface area (Å²) in [5.74, 6) is 1.26. The van der Waals surface area contributed by atoms with Crippen molar-refractivity contribution in [2.75, 3.05) is 26.7 Å². The summed E-state index contributed by atoms with van der Waals surface area (Å²) in [6.45, 7) is 2.02. The predicted molar refractivity (Wildman–Crippen MR) is 134 cm³/mol. The number of likely N-dealkylation sites (tertiary alicyclic amines) is 1. The number of carbonyl (C=O) groups excluding carboxylic acids is 1. The molecule has 1 saturated carbocycles. The zero-order valence-corrected chi connectivity index (χ0v) is 20.3. The molecule has 0 spiro atoms. The number of hydrogen-bond acceptors (Lipinski definition) is 5. The lowest BCUT2D eigenvalue weighted by molar-refractivity contribution is -0.109. The molecule has 2 fully saturated rings. The highest BCUT2D eigenvalue weighted by atomic mass is 35.5. The van der Waals surface area contributed by atoms with Crippen LogP contribution in [0, 0.1) is 11.8 Å². The summed E-state index contributed by atoms with van der Waals surface area (Å²) in [5.41, 5.74) is 2.26. The minimum absolute atomic E-state index is 0.0196. The number of pyridine rings is 1. The van der Waals surface area contributed by atoms with Gasteiger partial charge in [0.05, 0.1) is 24.2 Å². The maximum absolute atomic E-state index is 12.4. The summed E-state index contributed by atoms with van der Waals surface area (Å²) in [6, 6.07) is 15.8. The van der Waals surface area contributed by atoms with Gasteiger partial charge in [0.2, 0.25) is 5.88 Å². The van der Waals surface area contributed by atoms with Crippen LogP contribution in [0.15, 0.2) is 48.5 Å². The average molecular weight is 479 g/mol. The van der Waals surface area contributed by atoms with Crippen molar-refractivity contribution in [1.29, 1.82) is 0 Å². The summed E-state index contributed by atoms with van der Waals surface area (Å²) in [6.07, 6.45) is 5.86. The molecule has 34 heavy (non-hydrogen) atoms. The standard InChI is InChI=1S/C28H31ClN2O3/c1-34-27-24(17-19-7-8-19)26(29)23-18-22(9-10-25(23)30-27)28(33,20-5-3-2-4-6-20)21-11-13-31(14-12-21)15-16-32/h2-6,9-10,16,18-19,21,33H,7-8,11-15,17H2,1H3. The van der Waals surface area contributed by atoms with Crippen LogP contribution in [-0.4, -0.2) is 48.0 Å². The highest BCUT2D eigenvalue weighted by Crippen LogP contribution is 2.45. The molecule has 2 heterocycles. The quantitative estimate of drug-likeness (QED) is 0.462. The Hall–Kier alpha value is -2.47. The fourth-order valence-electron chi connectivity index (χ4n) is 5.41. The highest BCUT2D eigenvalue weighted by molar-refractivity contribution is 6.36. The van der Waals surface area contributed by atoms with Gasteiger partial charge in [0.25, 0.3) is 0 Å². The van der Waals surface area contributed by atoms with Gasteiger partial charge in [0, 0.05) is 10.9 Å². The third kappa shape index (κ3) is 4.33. The second kappa shape index (κ2) is 9.65. The van der Waals surface area contributed by atoms with Crippen molar-refractivity contribution in [3.8, 4) is 5.88 Å². The molecule has 3 aromatic rings. The molecule has 1 N–H and O–H groups in total. The fourth-order valence-corrected chi connectivity index (χ4v) is 5.71. The molecule has 1 atom stereocenters. The van der Waals surface area contributed by atoms with Crippen molar-refractivity contribution in [2.45, 2.75) is 37.7 Å². The Balaban J connectivity index is 1.59. The van der Waals surface area contributed by atoms with E-state index in [1.54, 1.807) is 7.11 Å². The number of aromatic nitrogens is 1. The van der Waals surface area contributed by atoms with Crippen molar-refractivity contribution < 1.29 is 14.6 Å². The zero-order chi connectivity index (χ0) is 23.7. The second-order valence-electron chi connectivity index (χ2n) is 9.67. The fraction of sp³-hybridized carbons (Fsp3) is 0.429. The minimum Gasteiger partial charge on any atom is -0.481 e. The number of aliphatic hydroxyl groups is 1.